The molecule has 0 bridgehead atoms. The van der Waals surface area contributed by atoms with E-state index in [0.717, 1.165) is 16.8 Å². The normalized spacial score (nSPS) is 10.7. The molecule has 0 aliphatic heterocycles. The fourth-order valence-electron chi connectivity index (χ4n) is 2.07. The third-order valence-corrected chi connectivity index (χ3v) is 3.15. The second-order valence-corrected chi connectivity index (χ2v) is 4.86. The highest BCUT2D eigenvalue weighted by Gasteiger charge is 2.08. The van der Waals surface area contributed by atoms with Crippen molar-refractivity contribution in [3.63, 3.8) is 0 Å². The highest BCUT2D eigenvalue weighted by Crippen LogP contribution is 2.29. The van der Waals surface area contributed by atoms with Crippen LogP contribution in [0.25, 0.3) is 0 Å². The molecule has 0 spiro atoms. The number of amides is 1. The van der Waals surface area contributed by atoms with Gasteiger partial charge in [0.15, 0.2) is 0 Å². The maximum absolute atomic E-state index is 11.2. The van der Waals surface area contributed by atoms with Gasteiger partial charge in [0.1, 0.15) is 11.5 Å². The summed E-state index contributed by atoms with van der Waals surface area (Å²) in [6.07, 6.45) is 1.11. The number of nitrogens with one attached hydrogen (secondary N) is 1. The van der Waals surface area contributed by atoms with E-state index >= 15 is 0 Å². The number of carbonyl (C=O) groups excluding carboxylic acids is 1. The van der Waals surface area contributed by atoms with Gasteiger partial charge in [0.2, 0.25) is 0 Å². The number of hydrogen-bond acceptors (Lipinski definition) is 4. The Morgan fingerprint density at radius 1 is 1.23 bits per heavy atom. The summed E-state index contributed by atoms with van der Waals surface area (Å²) >= 11 is 0. The van der Waals surface area contributed by atoms with Crippen molar-refractivity contribution in [1.82, 2.24) is 5.32 Å². The molecule has 22 heavy (non-hydrogen) atoms. The molecule has 0 radical (unpaired) electrons. The van der Waals surface area contributed by atoms with Crippen molar-refractivity contribution in [1.29, 1.82) is 0 Å². The van der Waals surface area contributed by atoms with Crippen molar-refractivity contribution in [2.24, 2.45) is 4.99 Å². The Balaban J connectivity index is 2.29. The van der Waals surface area contributed by atoms with Crippen LogP contribution in [0.1, 0.15) is 16.7 Å². The predicted octanol–water partition coefficient (Wildman–Crippen LogP) is 3.48. The summed E-state index contributed by atoms with van der Waals surface area (Å²) in [7, 11) is 1.51. The maximum atomic E-state index is 11.2. The molecule has 0 unspecified atom stereocenters. The van der Waals surface area contributed by atoms with Gasteiger partial charge in [-0.2, -0.15) is 0 Å². The van der Waals surface area contributed by atoms with Crippen LogP contribution in [0.5, 0.6) is 11.5 Å². The van der Waals surface area contributed by atoms with Gasteiger partial charge < -0.3 is 15.2 Å². The van der Waals surface area contributed by atoms with Gasteiger partial charge in [0.05, 0.1) is 5.69 Å². The number of aromatic hydroxyl groups is 1. The molecule has 5 heteroatoms. The van der Waals surface area contributed by atoms with Gasteiger partial charge >= 0.3 is 6.09 Å². The number of phenolic OH excluding ortho intramolecular Hbond substituents is 1. The summed E-state index contributed by atoms with van der Waals surface area (Å²) < 4.78 is 5.12. The first-order chi connectivity index (χ1) is 10.5. The summed E-state index contributed by atoms with van der Waals surface area (Å²) in [6, 6.07) is 10.5. The Morgan fingerprint density at radius 3 is 2.45 bits per heavy atom. The van der Waals surface area contributed by atoms with Crippen molar-refractivity contribution < 1.29 is 14.6 Å². The second kappa shape index (κ2) is 6.76. The number of benzene rings is 2. The SMILES string of the molecule is CNC(=O)Oc1cc(C)c(/N=C/c2ccccc2O)c(C)c1. The van der Waals surface area contributed by atoms with Gasteiger partial charge in [-0.15, -0.1) is 0 Å². The highest BCUT2D eigenvalue weighted by atomic mass is 16.5. The fourth-order valence-corrected chi connectivity index (χ4v) is 2.07. The van der Waals surface area contributed by atoms with E-state index in [1.807, 2.05) is 19.9 Å². The summed E-state index contributed by atoms with van der Waals surface area (Å²) in [4.78, 5) is 15.7. The van der Waals surface area contributed by atoms with Crippen LogP contribution in [-0.2, 0) is 0 Å². The average Bonchev–Trinajstić information content (AvgIpc) is 2.48. The first-order valence-electron chi connectivity index (χ1n) is 6.84. The Kier molecular flexibility index (Phi) is 4.78. The minimum absolute atomic E-state index is 0.182. The molecule has 2 N–H and O–H groups in total. The van der Waals surface area contributed by atoms with Crippen LogP contribution in [-0.4, -0.2) is 24.5 Å². The smallest absolute Gasteiger partial charge is 0.412 e. The number of phenols is 1. The van der Waals surface area contributed by atoms with Crippen LogP contribution >= 0.6 is 0 Å². The molecule has 0 heterocycles. The Morgan fingerprint density at radius 2 is 1.86 bits per heavy atom. The summed E-state index contributed by atoms with van der Waals surface area (Å²) in [6.45, 7) is 3.78. The zero-order chi connectivity index (χ0) is 16.1. The van der Waals surface area contributed by atoms with Gasteiger partial charge in [0, 0.05) is 18.8 Å². The summed E-state index contributed by atoms with van der Waals surface area (Å²) in [5.41, 5.74) is 3.19. The summed E-state index contributed by atoms with van der Waals surface area (Å²) in [5.74, 6) is 0.650. The van der Waals surface area contributed by atoms with E-state index in [2.05, 4.69) is 10.3 Å². The third-order valence-electron chi connectivity index (χ3n) is 3.15. The van der Waals surface area contributed by atoms with Crippen molar-refractivity contribution in [2.45, 2.75) is 13.8 Å². The molecule has 2 aromatic carbocycles. The average molecular weight is 298 g/mol. The van der Waals surface area contributed by atoms with Crippen LogP contribution in [0.3, 0.4) is 0 Å². The largest absolute Gasteiger partial charge is 0.507 e. The van der Waals surface area contributed by atoms with E-state index in [0.29, 0.717) is 11.3 Å². The van der Waals surface area contributed by atoms with Crippen LogP contribution in [0.2, 0.25) is 0 Å². The van der Waals surface area contributed by atoms with Crippen LogP contribution in [0.15, 0.2) is 41.4 Å². The molecule has 1 amide bonds. The first kappa shape index (κ1) is 15.6. The standard InChI is InChI=1S/C17H18N2O3/c1-11-8-14(22-17(21)18-3)9-12(2)16(11)19-10-13-6-4-5-7-15(13)20/h4-10,20H,1-3H3,(H,18,21)/b19-10+. The zero-order valence-corrected chi connectivity index (χ0v) is 12.8. The molecule has 0 aliphatic carbocycles. The van der Waals surface area contributed by atoms with Gasteiger partial charge in [0.25, 0.3) is 0 Å². The van der Waals surface area contributed by atoms with Gasteiger partial charge in [-0.3, -0.25) is 4.99 Å². The van der Waals surface area contributed by atoms with Crippen molar-refractivity contribution in [2.75, 3.05) is 7.05 Å². The molecule has 2 aromatic rings. The zero-order valence-electron chi connectivity index (χ0n) is 12.8. The molecule has 0 aliphatic rings. The molecule has 114 valence electrons. The van der Waals surface area contributed by atoms with E-state index in [4.69, 9.17) is 4.74 Å². The minimum atomic E-state index is -0.510. The Hall–Kier alpha value is -2.82. The van der Waals surface area contributed by atoms with Crippen molar-refractivity contribution in [3.8, 4) is 11.5 Å². The van der Waals surface area contributed by atoms with Gasteiger partial charge in [-0.1, -0.05) is 12.1 Å². The quantitative estimate of drug-likeness (QED) is 0.852. The van der Waals surface area contributed by atoms with E-state index in [1.54, 1.807) is 36.5 Å². The molecule has 5 nitrogen and oxygen atoms in total. The predicted molar refractivity (Wildman–Crippen MR) is 86.4 cm³/mol. The van der Waals surface area contributed by atoms with Crippen LogP contribution in [0.4, 0.5) is 10.5 Å². The molecular formula is C17H18N2O3. The number of aryl methyl sites for hydroxylation is 2. The maximum Gasteiger partial charge on any atom is 0.412 e. The Labute approximate surface area is 129 Å². The van der Waals surface area contributed by atoms with E-state index in [9.17, 15) is 9.90 Å². The molecule has 0 fully saturated rings. The van der Waals surface area contributed by atoms with E-state index in [-0.39, 0.29) is 5.75 Å². The topological polar surface area (TPSA) is 70.9 Å². The lowest BCUT2D eigenvalue weighted by atomic mass is 10.1. The van der Waals surface area contributed by atoms with Gasteiger partial charge in [-0.25, -0.2) is 4.79 Å². The molecule has 2 rings (SSSR count). The van der Waals surface area contributed by atoms with Gasteiger partial charge in [-0.05, 0) is 49.2 Å². The number of ether oxygens (including phenoxy) is 1. The summed E-state index contributed by atoms with van der Waals surface area (Å²) in [5, 5.41) is 12.1. The molecule has 0 saturated carbocycles. The fraction of sp³-hybridized carbons (Fsp3) is 0.176. The lowest BCUT2D eigenvalue weighted by molar-refractivity contribution is 0.203. The number of nitrogens with zero attached hydrogens (tertiary/aromatic N) is 1. The van der Waals surface area contributed by atoms with E-state index < -0.39 is 6.09 Å². The third kappa shape index (κ3) is 3.63. The van der Waals surface area contributed by atoms with Crippen molar-refractivity contribution >= 4 is 18.0 Å². The monoisotopic (exact) mass is 298 g/mol. The van der Waals surface area contributed by atoms with Crippen LogP contribution in [0, 0.1) is 13.8 Å². The number of carbonyl (C=O) groups is 1. The highest BCUT2D eigenvalue weighted by molar-refractivity contribution is 5.86. The lowest BCUT2D eigenvalue weighted by Gasteiger charge is -2.09. The van der Waals surface area contributed by atoms with Crippen molar-refractivity contribution in [3.05, 3.63) is 53.1 Å². The number of para-hydroxylation sites is 1. The number of rotatable bonds is 3. The molecule has 0 aromatic heterocycles. The molecule has 0 atom stereocenters. The van der Waals surface area contributed by atoms with E-state index in [1.165, 1.54) is 7.05 Å². The number of hydrogen-bond donors (Lipinski definition) is 2. The minimum Gasteiger partial charge on any atom is -0.507 e. The second-order valence-electron chi connectivity index (χ2n) is 4.86. The Bertz CT molecular complexity index is 701. The molecule has 0 saturated heterocycles. The first-order valence-corrected chi connectivity index (χ1v) is 6.84. The number of aliphatic imine (C=N–C) groups is 1. The molecular weight excluding hydrogens is 280 g/mol. The lowest BCUT2D eigenvalue weighted by Crippen LogP contribution is -2.22. The van der Waals surface area contributed by atoms with Crippen LogP contribution < -0.4 is 10.1 Å².